The summed E-state index contributed by atoms with van der Waals surface area (Å²) in [6.45, 7) is 4.17. The predicted octanol–water partition coefficient (Wildman–Crippen LogP) is 5.77. The molecule has 1 aliphatic heterocycles. The fourth-order valence-electron chi connectivity index (χ4n) is 4.76. The predicted molar refractivity (Wildman–Crippen MR) is 117 cm³/mol. The van der Waals surface area contributed by atoms with Crippen LogP contribution in [0.1, 0.15) is 67.8 Å². The van der Waals surface area contributed by atoms with E-state index in [1.807, 2.05) is 24.3 Å². The minimum absolute atomic E-state index is 0.170. The topological polar surface area (TPSA) is 52.9 Å². The number of hydrogen-bond donors (Lipinski definition) is 1. The molecule has 1 fully saturated rings. The van der Waals surface area contributed by atoms with Crippen LogP contribution >= 0.6 is 0 Å². The van der Waals surface area contributed by atoms with E-state index in [9.17, 15) is 9.90 Å². The van der Waals surface area contributed by atoms with Gasteiger partial charge in [0, 0.05) is 19.5 Å². The molecule has 0 atom stereocenters. The van der Waals surface area contributed by atoms with E-state index in [1.165, 1.54) is 49.9 Å². The Kier molecular flexibility index (Phi) is 5.70. The molecule has 0 unspecified atom stereocenters. The third-order valence-electron chi connectivity index (χ3n) is 6.30. The molecule has 1 saturated carbocycles. The molecule has 0 aromatic heterocycles. The van der Waals surface area contributed by atoms with Crippen LogP contribution in [0.3, 0.4) is 0 Å². The Morgan fingerprint density at radius 1 is 1.10 bits per heavy atom. The molecule has 1 heterocycles. The van der Waals surface area contributed by atoms with Crippen LogP contribution in [0.4, 0.5) is 0 Å². The molecular formula is C25H30N2O2. The van der Waals surface area contributed by atoms with Crippen LogP contribution in [0.2, 0.25) is 0 Å². The van der Waals surface area contributed by atoms with Crippen molar-refractivity contribution in [2.75, 3.05) is 6.54 Å². The molecule has 4 rings (SSSR count). The molecule has 1 spiro atoms. The number of hydrogen-bond acceptors (Lipinski definition) is 3. The quantitative estimate of drug-likeness (QED) is 0.653. The maximum Gasteiger partial charge on any atom is 0.336 e. The smallest absolute Gasteiger partial charge is 0.336 e. The van der Waals surface area contributed by atoms with Crippen molar-refractivity contribution in [1.82, 2.24) is 4.90 Å². The summed E-state index contributed by atoms with van der Waals surface area (Å²) in [5.74, 6) is 0.398. The minimum Gasteiger partial charge on any atom is -0.478 e. The number of carboxylic acids is 1. The molecule has 29 heavy (non-hydrogen) atoms. The van der Waals surface area contributed by atoms with Gasteiger partial charge in [0.2, 0.25) is 0 Å². The van der Waals surface area contributed by atoms with Crippen molar-refractivity contribution in [1.29, 1.82) is 0 Å². The van der Waals surface area contributed by atoms with E-state index in [0.717, 1.165) is 30.6 Å². The second-order valence-electron chi connectivity index (χ2n) is 8.47. The zero-order chi connectivity index (χ0) is 20.3. The summed E-state index contributed by atoms with van der Waals surface area (Å²) in [5, 5.41) is 9.45. The van der Waals surface area contributed by atoms with Crippen molar-refractivity contribution < 1.29 is 9.90 Å². The van der Waals surface area contributed by atoms with E-state index >= 15 is 0 Å². The van der Waals surface area contributed by atoms with Crippen LogP contribution in [0.15, 0.2) is 53.5 Å². The molecule has 0 amide bonds. The molecule has 4 heteroatoms. The van der Waals surface area contributed by atoms with Gasteiger partial charge in [0.15, 0.2) is 0 Å². The largest absolute Gasteiger partial charge is 0.478 e. The zero-order valence-electron chi connectivity index (χ0n) is 17.2. The summed E-state index contributed by atoms with van der Waals surface area (Å²) in [7, 11) is 0. The van der Waals surface area contributed by atoms with Gasteiger partial charge < -0.3 is 10.0 Å². The molecule has 0 bridgehead atoms. The summed E-state index contributed by atoms with van der Waals surface area (Å²) in [5.41, 5.74) is 3.48. The first kappa shape index (κ1) is 19.7. The molecule has 2 aromatic rings. The molecule has 1 aliphatic carbocycles. The van der Waals surface area contributed by atoms with Crippen LogP contribution < -0.4 is 0 Å². The number of amidine groups is 1. The third kappa shape index (κ3) is 4.21. The Morgan fingerprint density at radius 2 is 1.83 bits per heavy atom. The highest BCUT2D eigenvalue weighted by Crippen LogP contribution is 2.39. The number of unbranched alkanes of at least 4 members (excludes halogenated alkanes) is 1. The van der Waals surface area contributed by atoms with Gasteiger partial charge in [-0.2, -0.15) is 0 Å². The number of carbonyl (C=O) groups is 1. The average molecular weight is 391 g/mol. The van der Waals surface area contributed by atoms with Gasteiger partial charge in [-0.15, -0.1) is 0 Å². The Labute approximate surface area is 173 Å². The molecule has 152 valence electrons. The highest BCUT2D eigenvalue weighted by atomic mass is 16.4. The van der Waals surface area contributed by atoms with Crippen LogP contribution in [0.5, 0.6) is 0 Å². The van der Waals surface area contributed by atoms with E-state index in [0.29, 0.717) is 5.56 Å². The van der Waals surface area contributed by atoms with Crippen molar-refractivity contribution in [3.63, 3.8) is 0 Å². The maximum absolute atomic E-state index is 11.5. The molecule has 0 radical (unpaired) electrons. The lowest BCUT2D eigenvalue weighted by atomic mass is 9.98. The highest BCUT2D eigenvalue weighted by molar-refractivity contribution is 5.96. The van der Waals surface area contributed by atoms with Gasteiger partial charge in [-0.3, -0.25) is 4.99 Å². The minimum atomic E-state index is -0.889. The van der Waals surface area contributed by atoms with Crippen molar-refractivity contribution >= 4 is 11.8 Å². The number of benzene rings is 2. The van der Waals surface area contributed by atoms with Crippen molar-refractivity contribution in [2.45, 2.75) is 64.0 Å². The van der Waals surface area contributed by atoms with E-state index < -0.39 is 5.97 Å². The summed E-state index contributed by atoms with van der Waals surface area (Å²) >= 11 is 0. The summed E-state index contributed by atoms with van der Waals surface area (Å²) in [4.78, 5) is 19.2. The lowest BCUT2D eigenvalue weighted by Crippen LogP contribution is -2.33. The Bertz CT molecular complexity index is 895. The van der Waals surface area contributed by atoms with Crippen molar-refractivity contribution in [2.24, 2.45) is 4.99 Å². The van der Waals surface area contributed by atoms with E-state index in [2.05, 4.69) is 24.0 Å². The lowest BCUT2D eigenvalue weighted by Gasteiger charge is -2.25. The Balaban J connectivity index is 1.51. The van der Waals surface area contributed by atoms with E-state index in [-0.39, 0.29) is 5.54 Å². The third-order valence-corrected chi connectivity index (χ3v) is 6.30. The summed E-state index contributed by atoms with van der Waals surface area (Å²) in [6.07, 6.45) is 8.51. The number of rotatable bonds is 7. The second-order valence-corrected chi connectivity index (χ2v) is 8.47. The zero-order valence-corrected chi connectivity index (χ0v) is 17.2. The van der Waals surface area contributed by atoms with Crippen LogP contribution in [-0.4, -0.2) is 33.9 Å². The SMILES string of the molecule is CCCCC1=NC2(CCCC2)CN1Cc1ccc(-c2ccccc2C(=O)O)cc1. The first-order valence-electron chi connectivity index (χ1n) is 10.9. The molecule has 2 aromatic carbocycles. The van der Waals surface area contributed by atoms with Crippen LogP contribution in [0, 0.1) is 0 Å². The number of nitrogens with zero attached hydrogens (tertiary/aromatic N) is 2. The lowest BCUT2D eigenvalue weighted by molar-refractivity contribution is 0.0697. The molecule has 2 aliphatic rings. The molecule has 0 saturated heterocycles. The first-order chi connectivity index (χ1) is 14.1. The normalized spacial score (nSPS) is 17.7. The first-order valence-corrected chi connectivity index (χ1v) is 10.9. The van der Waals surface area contributed by atoms with Crippen LogP contribution in [0.25, 0.3) is 11.1 Å². The van der Waals surface area contributed by atoms with Gasteiger partial charge in [0.05, 0.1) is 11.1 Å². The fourth-order valence-corrected chi connectivity index (χ4v) is 4.76. The maximum atomic E-state index is 11.5. The summed E-state index contributed by atoms with van der Waals surface area (Å²) in [6, 6.07) is 15.5. The highest BCUT2D eigenvalue weighted by Gasteiger charge is 2.40. The van der Waals surface area contributed by atoms with E-state index in [4.69, 9.17) is 4.99 Å². The number of aliphatic imine (C=N–C) groups is 1. The molecular weight excluding hydrogens is 360 g/mol. The van der Waals surface area contributed by atoms with Gasteiger partial charge in [-0.05, 0) is 42.0 Å². The molecule has 1 N–H and O–H groups in total. The monoisotopic (exact) mass is 390 g/mol. The second kappa shape index (κ2) is 8.40. The standard InChI is InChI=1S/C25H30N2O2/c1-2-3-10-23-26-25(15-6-7-16-25)18-27(23)17-19-11-13-20(14-12-19)21-8-4-5-9-22(21)24(28)29/h4-5,8-9,11-14H,2-3,6-7,10,15-18H2,1H3,(H,28,29). The average Bonchev–Trinajstić information content (AvgIpc) is 3.33. The summed E-state index contributed by atoms with van der Waals surface area (Å²) < 4.78 is 0. The van der Waals surface area contributed by atoms with Gasteiger partial charge in [-0.1, -0.05) is 68.7 Å². The fraction of sp³-hybridized carbons (Fsp3) is 0.440. The van der Waals surface area contributed by atoms with Crippen LogP contribution in [-0.2, 0) is 6.54 Å². The molecule has 4 nitrogen and oxygen atoms in total. The van der Waals surface area contributed by atoms with Gasteiger partial charge in [0.1, 0.15) is 5.84 Å². The Morgan fingerprint density at radius 3 is 2.52 bits per heavy atom. The Hall–Kier alpha value is -2.62. The van der Waals surface area contributed by atoms with Gasteiger partial charge >= 0.3 is 5.97 Å². The van der Waals surface area contributed by atoms with Gasteiger partial charge in [0.25, 0.3) is 0 Å². The number of aromatic carboxylic acids is 1. The van der Waals surface area contributed by atoms with Gasteiger partial charge in [-0.25, -0.2) is 4.79 Å². The number of carboxylic acid groups (broad SMARTS) is 1. The van der Waals surface area contributed by atoms with Crippen molar-refractivity contribution in [3.8, 4) is 11.1 Å². The van der Waals surface area contributed by atoms with Crippen molar-refractivity contribution in [3.05, 3.63) is 59.7 Å². The van der Waals surface area contributed by atoms with E-state index in [1.54, 1.807) is 12.1 Å².